The Kier molecular flexibility index (Phi) is 5.73. The van der Waals surface area contributed by atoms with Gasteiger partial charge in [-0.25, -0.2) is 0 Å². The summed E-state index contributed by atoms with van der Waals surface area (Å²) in [6.45, 7) is 1.91. The van der Waals surface area contributed by atoms with Gasteiger partial charge in [0.2, 0.25) is 17.7 Å². The number of benzene rings is 1. The molecule has 3 amide bonds. The van der Waals surface area contributed by atoms with Gasteiger partial charge >= 0.3 is 0 Å². The molecule has 124 valence electrons. The molecule has 1 saturated carbocycles. The molecule has 1 aliphatic carbocycles. The molecular weight excluding hydrogens is 294 g/mol. The van der Waals surface area contributed by atoms with Crippen LogP contribution in [0.2, 0.25) is 0 Å². The first-order chi connectivity index (χ1) is 11.0. The summed E-state index contributed by atoms with van der Waals surface area (Å²) in [5.74, 6) is -0.539. The molecule has 0 heterocycles. The van der Waals surface area contributed by atoms with Gasteiger partial charge in [0, 0.05) is 18.7 Å². The van der Waals surface area contributed by atoms with E-state index in [1.807, 2.05) is 31.2 Å². The quantitative estimate of drug-likeness (QED) is 0.792. The van der Waals surface area contributed by atoms with Crippen molar-refractivity contribution in [3.8, 4) is 0 Å². The van der Waals surface area contributed by atoms with Gasteiger partial charge in [0.25, 0.3) is 0 Å². The van der Waals surface area contributed by atoms with E-state index in [-0.39, 0.29) is 36.7 Å². The Morgan fingerprint density at radius 3 is 2.57 bits per heavy atom. The third-order valence-corrected chi connectivity index (χ3v) is 3.84. The van der Waals surface area contributed by atoms with Crippen molar-refractivity contribution >= 4 is 23.4 Å². The summed E-state index contributed by atoms with van der Waals surface area (Å²) in [5, 5.41) is 5.42. The largest absolute Gasteiger partial charge is 0.347 e. The van der Waals surface area contributed by atoms with Crippen LogP contribution in [0.4, 0.5) is 5.69 Å². The maximum atomic E-state index is 12.1. The molecule has 6 heteroatoms. The van der Waals surface area contributed by atoms with Crippen molar-refractivity contribution < 1.29 is 14.4 Å². The van der Waals surface area contributed by atoms with Crippen LogP contribution >= 0.6 is 0 Å². The van der Waals surface area contributed by atoms with E-state index in [0.717, 1.165) is 30.5 Å². The average Bonchev–Trinajstić information content (AvgIpc) is 3.37. The van der Waals surface area contributed by atoms with E-state index in [4.69, 9.17) is 0 Å². The Balaban J connectivity index is 1.79. The van der Waals surface area contributed by atoms with Crippen molar-refractivity contribution in [1.82, 2.24) is 10.2 Å². The highest BCUT2D eigenvalue weighted by Crippen LogP contribution is 2.28. The molecular formula is C17H23N3O3. The van der Waals surface area contributed by atoms with Crippen LogP contribution < -0.4 is 10.6 Å². The summed E-state index contributed by atoms with van der Waals surface area (Å²) in [5.41, 5.74) is 1.81. The number of amides is 3. The van der Waals surface area contributed by atoms with Crippen molar-refractivity contribution in [1.29, 1.82) is 0 Å². The van der Waals surface area contributed by atoms with E-state index in [0.29, 0.717) is 0 Å². The number of carbonyl (C=O) groups excluding carboxylic acids is 3. The van der Waals surface area contributed by atoms with Crippen molar-refractivity contribution in [3.63, 3.8) is 0 Å². The predicted molar refractivity (Wildman–Crippen MR) is 87.8 cm³/mol. The summed E-state index contributed by atoms with van der Waals surface area (Å²) >= 11 is 0. The first-order valence-electron chi connectivity index (χ1n) is 7.90. The second-order valence-corrected chi connectivity index (χ2v) is 5.80. The molecule has 0 radical (unpaired) electrons. The van der Waals surface area contributed by atoms with Crippen LogP contribution in [0.5, 0.6) is 0 Å². The van der Waals surface area contributed by atoms with Gasteiger partial charge in [-0.1, -0.05) is 25.1 Å². The molecule has 2 N–H and O–H groups in total. The first kappa shape index (κ1) is 17.0. The smallest absolute Gasteiger partial charge is 0.243 e. The van der Waals surface area contributed by atoms with Gasteiger partial charge in [-0.3, -0.25) is 14.4 Å². The minimum absolute atomic E-state index is 0.0455. The fourth-order valence-electron chi connectivity index (χ4n) is 2.23. The maximum absolute atomic E-state index is 12.1. The lowest BCUT2D eigenvalue weighted by atomic mass is 10.1. The van der Waals surface area contributed by atoms with Crippen molar-refractivity contribution in [2.24, 2.45) is 5.92 Å². The Bertz CT molecular complexity index is 597. The Hall–Kier alpha value is -2.37. The summed E-state index contributed by atoms with van der Waals surface area (Å²) < 4.78 is 0. The van der Waals surface area contributed by atoms with E-state index in [1.165, 1.54) is 4.90 Å². The SMILES string of the molecule is CCc1ccccc1NC(=O)CN(C)C(=O)CNC(=O)C1CC1. The predicted octanol–water partition coefficient (Wildman–Crippen LogP) is 1.17. The minimum Gasteiger partial charge on any atom is -0.347 e. The van der Waals surface area contributed by atoms with Gasteiger partial charge in [-0.05, 0) is 30.9 Å². The lowest BCUT2D eigenvalue weighted by Crippen LogP contribution is -2.41. The van der Waals surface area contributed by atoms with E-state index in [1.54, 1.807) is 7.05 Å². The Labute approximate surface area is 136 Å². The highest BCUT2D eigenvalue weighted by molar-refractivity contribution is 5.95. The Morgan fingerprint density at radius 2 is 1.91 bits per heavy atom. The van der Waals surface area contributed by atoms with Gasteiger partial charge in [-0.2, -0.15) is 0 Å². The zero-order valence-corrected chi connectivity index (χ0v) is 13.6. The monoisotopic (exact) mass is 317 g/mol. The van der Waals surface area contributed by atoms with Crippen LogP contribution in [-0.4, -0.2) is 42.8 Å². The van der Waals surface area contributed by atoms with Gasteiger partial charge in [0.1, 0.15) is 0 Å². The number of likely N-dealkylation sites (N-methyl/N-ethyl adjacent to an activating group) is 1. The van der Waals surface area contributed by atoms with Crippen LogP contribution in [0.3, 0.4) is 0 Å². The summed E-state index contributed by atoms with van der Waals surface area (Å²) in [4.78, 5) is 36.8. The fraction of sp³-hybridized carbons (Fsp3) is 0.471. The molecule has 0 aliphatic heterocycles. The lowest BCUT2D eigenvalue weighted by molar-refractivity contribution is -0.134. The van der Waals surface area contributed by atoms with Crippen LogP contribution in [-0.2, 0) is 20.8 Å². The maximum Gasteiger partial charge on any atom is 0.243 e. The highest BCUT2D eigenvalue weighted by atomic mass is 16.2. The van der Waals surface area contributed by atoms with Crippen LogP contribution in [0.25, 0.3) is 0 Å². The van der Waals surface area contributed by atoms with Crippen molar-refractivity contribution in [2.45, 2.75) is 26.2 Å². The number of hydrogen-bond donors (Lipinski definition) is 2. The first-order valence-corrected chi connectivity index (χ1v) is 7.90. The molecule has 0 bridgehead atoms. The molecule has 0 atom stereocenters. The van der Waals surface area contributed by atoms with E-state index in [9.17, 15) is 14.4 Å². The van der Waals surface area contributed by atoms with Crippen molar-refractivity contribution in [2.75, 3.05) is 25.5 Å². The minimum atomic E-state index is -0.280. The number of carbonyl (C=O) groups is 3. The molecule has 1 aromatic rings. The number of para-hydroxylation sites is 1. The molecule has 6 nitrogen and oxygen atoms in total. The molecule has 1 aliphatic rings. The molecule has 2 rings (SSSR count). The fourth-order valence-corrected chi connectivity index (χ4v) is 2.23. The summed E-state index contributed by atoms with van der Waals surface area (Å²) in [6, 6.07) is 7.58. The van der Waals surface area contributed by atoms with Crippen LogP contribution in [0.15, 0.2) is 24.3 Å². The second-order valence-electron chi connectivity index (χ2n) is 5.80. The zero-order valence-electron chi connectivity index (χ0n) is 13.6. The summed E-state index contributed by atoms with van der Waals surface area (Å²) in [7, 11) is 1.55. The summed E-state index contributed by atoms with van der Waals surface area (Å²) in [6.07, 6.45) is 2.61. The van der Waals surface area contributed by atoms with E-state index in [2.05, 4.69) is 10.6 Å². The van der Waals surface area contributed by atoms with E-state index >= 15 is 0 Å². The molecule has 23 heavy (non-hydrogen) atoms. The topological polar surface area (TPSA) is 78.5 Å². The van der Waals surface area contributed by atoms with Gasteiger partial charge < -0.3 is 15.5 Å². The van der Waals surface area contributed by atoms with E-state index < -0.39 is 0 Å². The standard InChI is InChI=1S/C17H23N3O3/c1-3-12-6-4-5-7-14(12)19-15(21)11-20(2)16(22)10-18-17(23)13-8-9-13/h4-7,13H,3,8-11H2,1-2H3,(H,18,23)(H,19,21). The highest BCUT2D eigenvalue weighted by Gasteiger charge is 2.29. The van der Waals surface area contributed by atoms with Crippen LogP contribution in [0, 0.1) is 5.92 Å². The molecule has 0 saturated heterocycles. The van der Waals surface area contributed by atoms with Crippen LogP contribution in [0.1, 0.15) is 25.3 Å². The van der Waals surface area contributed by atoms with Gasteiger partial charge in [0.15, 0.2) is 0 Å². The normalized spacial score (nSPS) is 13.3. The number of aryl methyl sites for hydroxylation is 1. The molecule has 1 fully saturated rings. The molecule has 0 aromatic heterocycles. The second kappa shape index (κ2) is 7.76. The zero-order chi connectivity index (χ0) is 16.8. The van der Waals surface area contributed by atoms with Gasteiger partial charge in [-0.15, -0.1) is 0 Å². The average molecular weight is 317 g/mol. The van der Waals surface area contributed by atoms with Gasteiger partial charge in [0.05, 0.1) is 13.1 Å². The number of nitrogens with zero attached hydrogens (tertiary/aromatic N) is 1. The van der Waals surface area contributed by atoms with Crippen molar-refractivity contribution in [3.05, 3.63) is 29.8 Å². The number of rotatable bonds is 7. The number of hydrogen-bond acceptors (Lipinski definition) is 3. The molecule has 1 aromatic carbocycles. The number of anilines is 1. The molecule has 0 unspecified atom stereocenters. The Morgan fingerprint density at radius 1 is 1.22 bits per heavy atom. The molecule has 0 spiro atoms. The lowest BCUT2D eigenvalue weighted by Gasteiger charge is -2.18. The number of nitrogens with one attached hydrogen (secondary N) is 2. The third-order valence-electron chi connectivity index (χ3n) is 3.84. The third kappa shape index (κ3) is 5.09.